The molecule has 12 heteroatoms. The molecule has 0 aromatic heterocycles. The van der Waals surface area contributed by atoms with E-state index in [4.69, 9.17) is 11.6 Å². The highest BCUT2D eigenvalue weighted by Crippen LogP contribution is 2.36. The van der Waals surface area contributed by atoms with Crippen molar-refractivity contribution in [2.45, 2.75) is 20.0 Å². The SMILES string of the molecule is CC(C)C(=O)NCCNC(=O)N1CCN(CC(=O)Nc2ccc(Cl)c(C(F)(F)F)c2)CC1. The molecule has 1 heterocycles. The van der Waals surface area contributed by atoms with Crippen molar-refractivity contribution in [2.24, 2.45) is 5.92 Å². The van der Waals surface area contributed by atoms with E-state index in [2.05, 4.69) is 16.0 Å². The van der Waals surface area contributed by atoms with Crippen molar-refractivity contribution < 1.29 is 27.6 Å². The number of benzene rings is 1. The maximum atomic E-state index is 12.9. The average molecular weight is 478 g/mol. The third-order valence-electron chi connectivity index (χ3n) is 4.81. The lowest BCUT2D eigenvalue weighted by atomic mass is 10.2. The van der Waals surface area contributed by atoms with E-state index in [0.717, 1.165) is 12.1 Å². The van der Waals surface area contributed by atoms with E-state index in [1.54, 1.807) is 18.7 Å². The molecule has 0 atom stereocenters. The standard InChI is InChI=1S/C20H27ClF3N5O3/c1-13(2)18(31)25-5-6-26-19(32)29-9-7-28(8-10-29)12-17(30)27-14-3-4-16(21)15(11-14)20(22,23)24/h3-4,11,13H,5-10,12H2,1-2H3,(H,25,31)(H,26,32)(H,27,30). The summed E-state index contributed by atoms with van der Waals surface area (Å²) in [6.45, 7) is 5.88. The van der Waals surface area contributed by atoms with Crippen molar-refractivity contribution in [3.63, 3.8) is 0 Å². The first-order valence-corrected chi connectivity index (χ1v) is 10.5. The number of hydrogen-bond acceptors (Lipinski definition) is 4. The van der Waals surface area contributed by atoms with Gasteiger partial charge in [-0.15, -0.1) is 0 Å². The first-order valence-electron chi connectivity index (χ1n) is 10.2. The molecule has 178 valence electrons. The molecule has 32 heavy (non-hydrogen) atoms. The average Bonchev–Trinajstić information content (AvgIpc) is 2.71. The van der Waals surface area contributed by atoms with Gasteiger partial charge in [0, 0.05) is 50.9 Å². The summed E-state index contributed by atoms with van der Waals surface area (Å²) >= 11 is 5.58. The van der Waals surface area contributed by atoms with Crippen LogP contribution in [0.3, 0.4) is 0 Å². The third-order valence-corrected chi connectivity index (χ3v) is 5.14. The van der Waals surface area contributed by atoms with E-state index in [9.17, 15) is 27.6 Å². The highest BCUT2D eigenvalue weighted by molar-refractivity contribution is 6.31. The zero-order valence-corrected chi connectivity index (χ0v) is 18.6. The van der Waals surface area contributed by atoms with Gasteiger partial charge in [0.05, 0.1) is 17.1 Å². The summed E-state index contributed by atoms with van der Waals surface area (Å²) in [5, 5.41) is 7.45. The number of halogens is 4. The van der Waals surface area contributed by atoms with Crippen LogP contribution in [0.4, 0.5) is 23.7 Å². The topological polar surface area (TPSA) is 93.8 Å². The van der Waals surface area contributed by atoms with Crippen LogP contribution < -0.4 is 16.0 Å². The lowest BCUT2D eigenvalue weighted by Gasteiger charge is -2.34. The molecule has 0 spiro atoms. The maximum absolute atomic E-state index is 12.9. The second kappa shape index (κ2) is 11.4. The Morgan fingerprint density at radius 1 is 1.06 bits per heavy atom. The van der Waals surface area contributed by atoms with Crippen LogP contribution in [0.25, 0.3) is 0 Å². The van der Waals surface area contributed by atoms with Crippen LogP contribution in [0.5, 0.6) is 0 Å². The van der Waals surface area contributed by atoms with E-state index in [0.29, 0.717) is 39.3 Å². The lowest BCUT2D eigenvalue weighted by molar-refractivity contribution is -0.137. The molecule has 1 aromatic carbocycles. The number of hydrogen-bond donors (Lipinski definition) is 3. The minimum absolute atomic E-state index is 0.00861. The van der Waals surface area contributed by atoms with Gasteiger partial charge in [-0.2, -0.15) is 13.2 Å². The summed E-state index contributed by atoms with van der Waals surface area (Å²) in [5.74, 6) is -0.666. The normalized spacial score (nSPS) is 14.9. The van der Waals surface area contributed by atoms with E-state index in [-0.39, 0.29) is 30.1 Å². The van der Waals surface area contributed by atoms with Gasteiger partial charge < -0.3 is 20.9 Å². The highest BCUT2D eigenvalue weighted by Gasteiger charge is 2.33. The number of alkyl halides is 3. The fourth-order valence-corrected chi connectivity index (χ4v) is 3.23. The fraction of sp³-hybridized carbons (Fsp3) is 0.550. The molecular weight excluding hydrogens is 451 g/mol. The molecule has 8 nitrogen and oxygen atoms in total. The summed E-state index contributed by atoms with van der Waals surface area (Å²) in [4.78, 5) is 39.3. The summed E-state index contributed by atoms with van der Waals surface area (Å²) in [6, 6.07) is 2.94. The van der Waals surface area contributed by atoms with Crippen molar-refractivity contribution in [2.75, 3.05) is 51.1 Å². The van der Waals surface area contributed by atoms with Gasteiger partial charge >= 0.3 is 12.2 Å². The van der Waals surface area contributed by atoms with E-state index >= 15 is 0 Å². The minimum Gasteiger partial charge on any atom is -0.354 e. The number of carbonyl (C=O) groups excluding carboxylic acids is 3. The summed E-state index contributed by atoms with van der Waals surface area (Å²) < 4.78 is 38.8. The molecule has 0 saturated carbocycles. The summed E-state index contributed by atoms with van der Waals surface area (Å²) in [6.07, 6.45) is -4.62. The fourth-order valence-electron chi connectivity index (χ4n) is 3.00. The number of urea groups is 1. The molecular formula is C20H27ClF3N5O3. The number of anilines is 1. The van der Waals surface area contributed by atoms with Crippen molar-refractivity contribution >= 4 is 35.1 Å². The first-order chi connectivity index (χ1) is 15.0. The van der Waals surface area contributed by atoms with Gasteiger partial charge in [0.15, 0.2) is 0 Å². The number of piperazine rings is 1. The molecule has 1 aliphatic rings. The Labute approximate surface area is 189 Å². The number of nitrogens with one attached hydrogen (secondary N) is 3. The van der Waals surface area contributed by atoms with Crippen LogP contribution in [-0.2, 0) is 15.8 Å². The number of nitrogens with zero attached hydrogens (tertiary/aromatic N) is 2. The van der Waals surface area contributed by atoms with Crippen LogP contribution in [0.1, 0.15) is 19.4 Å². The molecule has 4 amide bonds. The Bertz CT molecular complexity index is 827. The molecule has 0 bridgehead atoms. The van der Waals surface area contributed by atoms with Crippen LogP contribution in [0, 0.1) is 5.92 Å². The molecule has 0 aliphatic carbocycles. The van der Waals surface area contributed by atoms with Crippen molar-refractivity contribution in [1.82, 2.24) is 20.4 Å². The van der Waals surface area contributed by atoms with Crippen molar-refractivity contribution in [3.8, 4) is 0 Å². The Morgan fingerprint density at radius 3 is 2.28 bits per heavy atom. The second-order valence-electron chi connectivity index (χ2n) is 7.68. The van der Waals surface area contributed by atoms with Gasteiger partial charge in [0.1, 0.15) is 0 Å². The van der Waals surface area contributed by atoms with E-state index in [1.165, 1.54) is 6.07 Å². The zero-order valence-electron chi connectivity index (χ0n) is 17.9. The molecule has 1 fully saturated rings. The smallest absolute Gasteiger partial charge is 0.354 e. The Morgan fingerprint density at radius 2 is 1.69 bits per heavy atom. The summed E-state index contributed by atoms with van der Waals surface area (Å²) in [7, 11) is 0. The number of carbonyl (C=O) groups is 3. The van der Waals surface area contributed by atoms with Crippen molar-refractivity contribution in [3.05, 3.63) is 28.8 Å². The molecule has 2 rings (SSSR count). The predicted octanol–water partition coefficient (Wildman–Crippen LogP) is 2.40. The van der Waals surface area contributed by atoms with Crippen molar-refractivity contribution in [1.29, 1.82) is 0 Å². The molecule has 0 radical (unpaired) electrons. The quantitative estimate of drug-likeness (QED) is 0.526. The molecule has 1 aromatic rings. The van der Waals surface area contributed by atoms with Gasteiger partial charge in [-0.05, 0) is 18.2 Å². The van der Waals surface area contributed by atoms with Crippen LogP contribution >= 0.6 is 11.6 Å². The van der Waals surface area contributed by atoms with Gasteiger partial charge in [-0.1, -0.05) is 25.4 Å². The Kier molecular flexibility index (Phi) is 9.14. The van der Waals surface area contributed by atoms with Gasteiger partial charge in [0.2, 0.25) is 11.8 Å². The van der Waals surface area contributed by atoms with Gasteiger partial charge in [-0.3, -0.25) is 14.5 Å². The van der Waals surface area contributed by atoms with Crippen LogP contribution in [0.15, 0.2) is 18.2 Å². The second-order valence-corrected chi connectivity index (χ2v) is 8.09. The number of rotatable bonds is 7. The molecule has 1 saturated heterocycles. The monoisotopic (exact) mass is 477 g/mol. The first kappa shape index (κ1) is 25.7. The van der Waals surface area contributed by atoms with Gasteiger partial charge in [-0.25, -0.2) is 4.79 Å². The molecule has 3 N–H and O–H groups in total. The van der Waals surface area contributed by atoms with Crippen LogP contribution in [-0.4, -0.2) is 73.5 Å². The maximum Gasteiger partial charge on any atom is 0.417 e. The zero-order chi connectivity index (χ0) is 23.9. The number of amides is 4. The third kappa shape index (κ3) is 7.86. The summed E-state index contributed by atoms with van der Waals surface area (Å²) in [5.41, 5.74) is -1.00. The molecule has 0 unspecified atom stereocenters. The Hall–Kier alpha value is -2.53. The minimum atomic E-state index is -4.62. The molecule has 1 aliphatic heterocycles. The lowest BCUT2D eigenvalue weighted by Crippen LogP contribution is -2.53. The largest absolute Gasteiger partial charge is 0.417 e. The van der Waals surface area contributed by atoms with Gasteiger partial charge in [0.25, 0.3) is 0 Å². The van der Waals surface area contributed by atoms with Crippen LogP contribution in [0.2, 0.25) is 5.02 Å². The van der Waals surface area contributed by atoms with E-state index in [1.807, 2.05) is 4.90 Å². The predicted molar refractivity (Wildman–Crippen MR) is 114 cm³/mol. The van der Waals surface area contributed by atoms with E-state index < -0.39 is 22.7 Å². The Balaban J connectivity index is 1.73. The highest BCUT2D eigenvalue weighted by atomic mass is 35.5.